The first-order valence-electron chi connectivity index (χ1n) is 9.19. The van der Waals surface area contributed by atoms with E-state index in [1.807, 2.05) is 6.07 Å². The fraction of sp³-hybridized carbons (Fsp3) is 0.150. The van der Waals surface area contributed by atoms with Gasteiger partial charge in [-0.05, 0) is 36.4 Å². The van der Waals surface area contributed by atoms with Crippen LogP contribution in [0.25, 0.3) is 0 Å². The van der Waals surface area contributed by atoms with Gasteiger partial charge in [0.25, 0.3) is 0 Å². The average Bonchev–Trinajstić information content (AvgIpc) is 2.77. The Labute approximate surface area is 182 Å². The molecule has 0 fully saturated rings. The van der Waals surface area contributed by atoms with E-state index in [4.69, 9.17) is 5.26 Å². The number of rotatable bonds is 8. The first-order valence-corrected chi connectivity index (χ1v) is 10.7. The largest absolute Gasteiger partial charge is 0.433 e. The number of hydrogen-bond donors (Lipinski definition) is 3. The minimum Gasteiger partial charge on any atom is -0.353 e. The summed E-state index contributed by atoms with van der Waals surface area (Å²) in [5.74, 6) is -0.445. The number of nitrogens with zero attached hydrogens (tertiary/aromatic N) is 3. The molecule has 1 aromatic heterocycles. The molecular weight excluding hydrogens is 445 g/mol. The lowest BCUT2D eigenvalue weighted by atomic mass is 10.2. The van der Waals surface area contributed by atoms with Crippen LogP contribution < -0.4 is 15.4 Å². The maximum Gasteiger partial charge on any atom is 0.433 e. The summed E-state index contributed by atoms with van der Waals surface area (Å²) in [5, 5.41) is 14.2. The lowest BCUT2D eigenvalue weighted by molar-refractivity contribution is -0.141. The molecule has 0 radical (unpaired) electrons. The van der Waals surface area contributed by atoms with Gasteiger partial charge in [0, 0.05) is 24.8 Å². The first-order chi connectivity index (χ1) is 15.2. The van der Waals surface area contributed by atoms with Crippen LogP contribution in [0.15, 0.2) is 65.6 Å². The number of alkyl halides is 3. The Morgan fingerprint density at radius 2 is 1.66 bits per heavy atom. The van der Waals surface area contributed by atoms with Gasteiger partial charge in [-0.2, -0.15) is 23.4 Å². The molecule has 12 heteroatoms. The molecule has 0 saturated carbocycles. The van der Waals surface area contributed by atoms with E-state index in [0.717, 1.165) is 6.07 Å². The number of aromatic nitrogens is 2. The van der Waals surface area contributed by atoms with Gasteiger partial charge >= 0.3 is 6.18 Å². The highest BCUT2D eigenvalue weighted by atomic mass is 32.2. The van der Waals surface area contributed by atoms with Crippen LogP contribution in [0.4, 0.5) is 30.6 Å². The summed E-state index contributed by atoms with van der Waals surface area (Å²) in [5.41, 5.74) is -0.345. The Morgan fingerprint density at radius 3 is 2.28 bits per heavy atom. The molecule has 0 saturated heterocycles. The van der Waals surface area contributed by atoms with Crippen LogP contribution in [0.2, 0.25) is 0 Å². The highest BCUT2D eigenvalue weighted by Crippen LogP contribution is 2.30. The molecule has 1 heterocycles. The molecule has 0 atom stereocenters. The van der Waals surface area contributed by atoms with Gasteiger partial charge in [0.05, 0.1) is 16.5 Å². The molecule has 0 aliphatic heterocycles. The molecule has 3 N–H and O–H groups in total. The summed E-state index contributed by atoms with van der Waals surface area (Å²) in [4.78, 5) is 7.53. The summed E-state index contributed by atoms with van der Waals surface area (Å²) in [6, 6.07) is 16.4. The van der Waals surface area contributed by atoms with Crippen LogP contribution in [0.1, 0.15) is 11.3 Å². The van der Waals surface area contributed by atoms with Gasteiger partial charge in [0.15, 0.2) is 5.69 Å². The molecule has 0 aliphatic rings. The van der Waals surface area contributed by atoms with Gasteiger partial charge < -0.3 is 10.6 Å². The molecule has 0 unspecified atom stereocenters. The van der Waals surface area contributed by atoms with E-state index in [0.29, 0.717) is 11.3 Å². The minimum absolute atomic E-state index is 0.0519. The highest BCUT2D eigenvalue weighted by molar-refractivity contribution is 7.89. The zero-order chi connectivity index (χ0) is 23.2. The first kappa shape index (κ1) is 23.0. The molecule has 8 nitrogen and oxygen atoms in total. The maximum atomic E-state index is 13.2. The Morgan fingerprint density at radius 1 is 0.969 bits per heavy atom. The van der Waals surface area contributed by atoms with Crippen molar-refractivity contribution in [3.63, 3.8) is 0 Å². The van der Waals surface area contributed by atoms with Gasteiger partial charge in [-0.25, -0.2) is 18.1 Å². The Kier molecular flexibility index (Phi) is 6.92. The van der Waals surface area contributed by atoms with Crippen molar-refractivity contribution < 1.29 is 21.6 Å². The lowest BCUT2D eigenvalue weighted by Gasteiger charge is -2.13. The molecule has 0 amide bonds. The minimum atomic E-state index is -4.71. The van der Waals surface area contributed by atoms with E-state index < -0.39 is 21.9 Å². The van der Waals surface area contributed by atoms with Crippen LogP contribution in [0.3, 0.4) is 0 Å². The fourth-order valence-electron chi connectivity index (χ4n) is 2.55. The second-order valence-corrected chi connectivity index (χ2v) is 8.18. The van der Waals surface area contributed by atoms with Crippen molar-refractivity contribution in [3.05, 3.63) is 71.9 Å². The van der Waals surface area contributed by atoms with Crippen molar-refractivity contribution in [1.29, 1.82) is 5.26 Å². The van der Waals surface area contributed by atoms with Gasteiger partial charge in [-0.15, -0.1) is 0 Å². The molecule has 2 aromatic carbocycles. The van der Waals surface area contributed by atoms with Crippen molar-refractivity contribution in [2.24, 2.45) is 0 Å². The molecule has 32 heavy (non-hydrogen) atoms. The van der Waals surface area contributed by atoms with Gasteiger partial charge in [-0.3, -0.25) is 0 Å². The average molecular weight is 462 g/mol. The summed E-state index contributed by atoms with van der Waals surface area (Å²) in [6.07, 6.45) is -4.71. The Balaban J connectivity index is 1.70. The smallest absolute Gasteiger partial charge is 0.353 e. The fourth-order valence-corrected chi connectivity index (χ4v) is 3.61. The number of halogens is 3. The summed E-state index contributed by atoms with van der Waals surface area (Å²) < 4.78 is 66.4. The van der Waals surface area contributed by atoms with Crippen LogP contribution in [-0.4, -0.2) is 31.5 Å². The second-order valence-electron chi connectivity index (χ2n) is 6.41. The number of anilines is 3. The van der Waals surface area contributed by atoms with Crippen molar-refractivity contribution in [1.82, 2.24) is 14.7 Å². The Hall–Kier alpha value is -3.69. The van der Waals surface area contributed by atoms with E-state index in [1.165, 1.54) is 36.4 Å². The number of sulfonamides is 1. The third-order valence-corrected chi connectivity index (χ3v) is 5.53. The summed E-state index contributed by atoms with van der Waals surface area (Å²) >= 11 is 0. The van der Waals surface area contributed by atoms with Crippen LogP contribution >= 0.6 is 0 Å². The third-order valence-electron chi connectivity index (χ3n) is 4.06. The van der Waals surface area contributed by atoms with Gasteiger partial charge in [0.1, 0.15) is 5.82 Å². The van der Waals surface area contributed by atoms with Crippen molar-refractivity contribution >= 4 is 27.5 Å². The zero-order valence-corrected chi connectivity index (χ0v) is 17.2. The monoisotopic (exact) mass is 462 g/mol. The molecule has 0 bridgehead atoms. The zero-order valence-electron chi connectivity index (χ0n) is 16.4. The standard InChI is InChI=1S/C20H17F3N6O2S/c21-20(22,23)17-12-18(27-15-8-6-14(13-24)7-9-15)29-19(28-17)25-10-11-26-32(30,31)16-4-2-1-3-5-16/h1-9,12,26H,10-11H2,(H2,25,27,28,29). The predicted octanol–water partition coefficient (Wildman–Crippen LogP) is 3.50. The lowest BCUT2D eigenvalue weighted by Crippen LogP contribution is -2.29. The normalized spacial score (nSPS) is 11.6. The number of nitrogens with one attached hydrogen (secondary N) is 3. The van der Waals surface area contributed by atoms with Crippen molar-refractivity contribution in [2.75, 3.05) is 23.7 Å². The van der Waals surface area contributed by atoms with Gasteiger partial charge in [-0.1, -0.05) is 18.2 Å². The van der Waals surface area contributed by atoms with E-state index in [2.05, 4.69) is 25.3 Å². The SMILES string of the molecule is N#Cc1ccc(Nc2cc(C(F)(F)F)nc(NCCNS(=O)(=O)c3ccccc3)n2)cc1. The molecular formula is C20H17F3N6O2S. The number of nitriles is 1. The van der Waals surface area contributed by atoms with E-state index in [-0.39, 0.29) is 29.8 Å². The van der Waals surface area contributed by atoms with E-state index >= 15 is 0 Å². The highest BCUT2D eigenvalue weighted by Gasteiger charge is 2.33. The van der Waals surface area contributed by atoms with E-state index in [9.17, 15) is 21.6 Å². The summed E-state index contributed by atoms with van der Waals surface area (Å²) in [6.45, 7) is -0.154. The molecule has 0 aliphatic carbocycles. The van der Waals surface area contributed by atoms with Crippen molar-refractivity contribution in [3.8, 4) is 6.07 Å². The molecule has 166 valence electrons. The predicted molar refractivity (Wildman–Crippen MR) is 112 cm³/mol. The number of benzene rings is 2. The summed E-state index contributed by atoms with van der Waals surface area (Å²) in [7, 11) is -3.75. The quantitative estimate of drug-likeness (QED) is 0.438. The van der Waals surface area contributed by atoms with Crippen LogP contribution in [0, 0.1) is 11.3 Å². The third kappa shape index (κ3) is 6.16. The van der Waals surface area contributed by atoms with Gasteiger partial charge in [0.2, 0.25) is 16.0 Å². The molecule has 3 rings (SSSR count). The van der Waals surface area contributed by atoms with Crippen molar-refractivity contribution in [2.45, 2.75) is 11.1 Å². The topological polar surface area (TPSA) is 120 Å². The Bertz CT molecular complexity index is 1210. The van der Waals surface area contributed by atoms with E-state index in [1.54, 1.807) is 18.2 Å². The van der Waals surface area contributed by atoms with Crippen LogP contribution in [0.5, 0.6) is 0 Å². The molecule has 0 spiro atoms. The van der Waals surface area contributed by atoms with Crippen LogP contribution in [-0.2, 0) is 16.2 Å². The number of hydrogen-bond acceptors (Lipinski definition) is 7. The molecule has 3 aromatic rings. The maximum absolute atomic E-state index is 13.2. The second kappa shape index (κ2) is 9.63.